The van der Waals surface area contributed by atoms with Crippen molar-refractivity contribution < 1.29 is 18.1 Å². The summed E-state index contributed by atoms with van der Waals surface area (Å²) in [4.78, 5) is 10.2. The topological polar surface area (TPSA) is 55.2 Å². The van der Waals surface area contributed by atoms with Gasteiger partial charge >= 0.3 is 6.18 Å². The maximum absolute atomic E-state index is 13.0. The number of non-ortho nitro benzene ring substituents is 1. The molecule has 2 atom stereocenters. The van der Waals surface area contributed by atoms with Gasteiger partial charge in [-0.3, -0.25) is 10.1 Å². The van der Waals surface area contributed by atoms with E-state index in [-0.39, 0.29) is 12.1 Å². The Morgan fingerprint density at radius 2 is 1.95 bits per heavy atom. The van der Waals surface area contributed by atoms with E-state index in [0.717, 1.165) is 6.42 Å². The van der Waals surface area contributed by atoms with E-state index in [4.69, 9.17) is 0 Å². The van der Waals surface area contributed by atoms with E-state index >= 15 is 0 Å². The van der Waals surface area contributed by atoms with E-state index in [2.05, 4.69) is 5.32 Å². The first-order chi connectivity index (χ1) is 9.79. The van der Waals surface area contributed by atoms with E-state index in [1.54, 1.807) is 6.92 Å². The number of alkyl halides is 3. The molecule has 1 aliphatic rings. The highest BCUT2D eigenvalue weighted by Crippen LogP contribution is 2.39. The van der Waals surface area contributed by atoms with Crippen LogP contribution in [0.15, 0.2) is 18.2 Å². The van der Waals surface area contributed by atoms with Gasteiger partial charge in [0.25, 0.3) is 5.69 Å². The van der Waals surface area contributed by atoms with Crippen molar-refractivity contribution in [2.24, 2.45) is 5.92 Å². The fourth-order valence-corrected chi connectivity index (χ4v) is 2.82. The molecule has 116 valence electrons. The van der Waals surface area contributed by atoms with Crippen molar-refractivity contribution in [1.29, 1.82) is 0 Å². The Morgan fingerprint density at radius 1 is 1.29 bits per heavy atom. The lowest BCUT2D eigenvalue weighted by Gasteiger charge is -2.34. The van der Waals surface area contributed by atoms with Gasteiger partial charge in [0.05, 0.1) is 10.8 Å². The molecular formula is C14H17F3N2O2. The predicted molar refractivity (Wildman–Crippen MR) is 73.3 cm³/mol. The van der Waals surface area contributed by atoms with E-state index in [1.165, 1.54) is 18.2 Å². The summed E-state index contributed by atoms with van der Waals surface area (Å²) in [6, 6.07) is 3.49. The molecule has 21 heavy (non-hydrogen) atoms. The molecular weight excluding hydrogens is 285 g/mol. The normalized spacial score (nSPS) is 22.9. The van der Waals surface area contributed by atoms with E-state index < -0.39 is 23.1 Å². The number of nitrogens with zero attached hydrogens (tertiary/aromatic N) is 1. The number of nitrogens with one attached hydrogen (secondary N) is 1. The monoisotopic (exact) mass is 302 g/mol. The summed E-state index contributed by atoms with van der Waals surface area (Å²) in [6.07, 6.45) is -2.28. The van der Waals surface area contributed by atoms with Crippen LogP contribution in [0.25, 0.3) is 0 Å². The van der Waals surface area contributed by atoms with Crippen LogP contribution in [0.4, 0.5) is 24.5 Å². The Kier molecular flexibility index (Phi) is 4.39. The number of rotatable bonds is 3. The molecule has 1 fully saturated rings. The largest absolute Gasteiger partial charge is 0.393 e. The highest BCUT2D eigenvalue weighted by molar-refractivity contribution is 5.56. The molecule has 0 bridgehead atoms. The van der Waals surface area contributed by atoms with Gasteiger partial charge < -0.3 is 5.32 Å². The number of nitro groups is 1. The van der Waals surface area contributed by atoms with Crippen LogP contribution in [0.3, 0.4) is 0 Å². The number of anilines is 1. The average molecular weight is 302 g/mol. The third-order valence-corrected chi connectivity index (χ3v) is 3.95. The molecule has 1 aromatic rings. The lowest BCUT2D eigenvalue weighted by atomic mass is 9.83. The standard InChI is InChI=1S/C14H17F3N2O2/c1-9-8-10(19(20)21)6-7-12(9)18-13-5-3-2-4-11(13)14(15,16)17/h6-8,11,13,18H,2-5H2,1H3. The van der Waals surface area contributed by atoms with Gasteiger partial charge in [-0.2, -0.15) is 13.2 Å². The van der Waals surface area contributed by atoms with Crippen LogP contribution in [0, 0.1) is 23.0 Å². The lowest BCUT2D eigenvalue weighted by molar-refractivity contribution is -0.384. The second-order valence-electron chi connectivity index (χ2n) is 5.44. The third-order valence-electron chi connectivity index (χ3n) is 3.95. The fourth-order valence-electron chi connectivity index (χ4n) is 2.82. The van der Waals surface area contributed by atoms with E-state index in [0.29, 0.717) is 24.1 Å². The molecule has 0 aromatic heterocycles. The number of benzene rings is 1. The van der Waals surface area contributed by atoms with Crippen molar-refractivity contribution in [3.8, 4) is 0 Å². The Bertz CT molecular complexity index is 531. The molecule has 2 unspecified atom stereocenters. The van der Waals surface area contributed by atoms with Crippen molar-refractivity contribution in [3.05, 3.63) is 33.9 Å². The maximum atomic E-state index is 13.0. The molecule has 0 spiro atoms. The van der Waals surface area contributed by atoms with Crippen LogP contribution in [0.2, 0.25) is 0 Å². The van der Waals surface area contributed by atoms with Gasteiger partial charge in [0.1, 0.15) is 0 Å². The molecule has 0 saturated heterocycles. The Balaban J connectivity index is 2.18. The fraction of sp³-hybridized carbons (Fsp3) is 0.571. The quantitative estimate of drug-likeness (QED) is 0.663. The van der Waals surface area contributed by atoms with Crippen LogP contribution in [0.1, 0.15) is 31.2 Å². The van der Waals surface area contributed by atoms with Crippen molar-refractivity contribution in [2.75, 3.05) is 5.32 Å². The summed E-state index contributed by atoms with van der Waals surface area (Å²) in [6.45, 7) is 1.65. The molecule has 2 rings (SSSR count). The van der Waals surface area contributed by atoms with Crippen LogP contribution in [0.5, 0.6) is 0 Å². The summed E-state index contributed by atoms with van der Waals surface area (Å²) < 4.78 is 39.1. The summed E-state index contributed by atoms with van der Waals surface area (Å²) in [5.74, 6) is -1.36. The van der Waals surface area contributed by atoms with Crippen molar-refractivity contribution >= 4 is 11.4 Å². The second kappa shape index (κ2) is 5.91. The molecule has 1 saturated carbocycles. The van der Waals surface area contributed by atoms with Crippen molar-refractivity contribution in [3.63, 3.8) is 0 Å². The van der Waals surface area contributed by atoms with Gasteiger partial charge in [0.2, 0.25) is 0 Å². The van der Waals surface area contributed by atoms with Crippen molar-refractivity contribution in [2.45, 2.75) is 44.8 Å². The Hall–Kier alpha value is -1.79. The highest BCUT2D eigenvalue weighted by atomic mass is 19.4. The molecule has 0 radical (unpaired) electrons. The van der Waals surface area contributed by atoms with Crippen LogP contribution in [-0.4, -0.2) is 17.1 Å². The number of halogens is 3. The summed E-state index contributed by atoms with van der Waals surface area (Å²) in [5, 5.41) is 13.6. The zero-order valence-corrected chi connectivity index (χ0v) is 11.6. The van der Waals surface area contributed by atoms with Crippen LogP contribution >= 0.6 is 0 Å². The number of nitro benzene ring substituents is 1. The highest BCUT2D eigenvalue weighted by Gasteiger charge is 2.45. The second-order valence-corrected chi connectivity index (χ2v) is 5.44. The zero-order chi connectivity index (χ0) is 15.6. The molecule has 1 aromatic carbocycles. The molecule has 0 aliphatic heterocycles. The van der Waals surface area contributed by atoms with Gasteiger partial charge in [0.15, 0.2) is 0 Å². The number of aryl methyl sites for hydroxylation is 1. The van der Waals surface area contributed by atoms with Crippen LogP contribution < -0.4 is 5.32 Å². The van der Waals surface area contributed by atoms with Gasteiger partial charge in [-0.05, 0) is 31.4 Å². The first kappa shape index (κ1) is 15.6. The van der Waals surface area contributed by atoms with Crippen molar-refractivity contribution in [1.82, 2.24) is 0 Å². The first-order valence-electron chi connectivity index (χ1n) is 6.87. The predicted octanol–water partition coefficient (Wildman–Crippen LogP) is 4.44. The van der Waals surface area contributed by atoms with Gasteiger partial charge in [-0.25, -0.2) is 0 Å². The summed E-state index contributed by atoms with van der Waals surface area (Å²) in [7, 11) is 0. The molecule has 7 heteroatoms. The minimum absolute atomic E-state index is 0.0611. The summed E-state index contributed by atoms with van der Waals surface area (Å²) in [5.41, 5.74) is 1.05. The van der Waals surface area contributed by atoms with E-state index in [9.17, 15) is 23.3 Å². The summed E-state index contributed by atoms with van der Waals surface area (Å²) >= 11 is 0. The minimum atomic E-state index is -4.22. The lowest BCUT2D eigenvalue weighted by Crippen LogP contribution is -2.41. The minimum Gasteiger partial charge on any atom is -0.381 e. The van der Waals surface area contributed by atoms with E-state index in [1.807, 2.05) is 0 Å². The molecule has 0 heterocycles. The molecule has 1 N–H and O–H groups in total. The molecule has 1 aliphatic carbocycles. The molecule has 0 amide bonds. The Morgan fingerprint density at radius 3 is 2.52 bits per heavy atom. The number of hydrogen-bond donors (Lipinski definition) is 1. The van der Waals surface area contributed by atoms with Gasteiger partial charge in [0, 0.05) is 23.9 Å². The SMILES string of the molecule is Cc1cc([N+](=O)[O-])ccc1NC1CCCCC1C(F)(F)F. The first-order valence-corrected chi connectivity index (χ1v) is 6.87. The smallest absolute Gasteiger partial charge is 0.381 e. The van der Waals surface area contributed by atoms with Gasteiger partial charge in [-0.15, -0.1) is 0 Å². The molecule has 4 nitrogen and oxygen atoms in total. The van der Waals surface area contributed by atoms with Gasteiger partial charge in [-0.1, -0.05) is 12.8 Å². The average Bonchev–Trinajstić information content (AvgIpc) is 2.40. The Labute approximate surface area is 120 Å². The zero-order valence-electron chi connectivity index (χ0n) is 11.6. The maximum Gasteiger partial charge on any atom is 0.393 e. The van der Waals surface area contributed by atoms with Crippen LogP contribution in [-0.2, 0) is 0 Å². The third kappa shape index (κ3) is 3.65. The number of hydrogen-bond acceptors (Lipinski definition) is 3.